The molecule has 0 aromatic heterocycles. The minimum atomic E-state index is -4.55. The normalized spacial score (nSPS) is 15.9. The van der Waals surface area contributed by atoms with Crippen molar-refractivity contribution in [2.45, 2.75) is 51.5 Å². The van der Waals surface area contributed by atoms with E-state index in [0.717, 1.165) is 20.8 Å². The first-order valence-corrected chi connectivity index (χ1v) is 8.55. The average Bonchev–Trinajstić information content (AvgIpc) is 2.12. The van der Waals surface area contributed by atoms with Gasteiger partial charge < -0.3 is 0 Å². The van der Waals surface area contributed by atoms with Gasteiger partial charge in [0, 0.05) is 5.41 Å². The second kappa shape index (κ2) is 5.02. The van der Waals surface area contributed by atoms with Gasteiger partial charge in [-0.3, -0.25) is 14.1 Å². The Morgan fingerprint density at radius 1 is 1.05 bits per heavy atom. The maximum Gasteiger partial charge on any atom is 0.269 e. The van der Waals surface area contributed by atoms with Gasteiger partial charge in [0.25, 0.3) is 10.1 Å². The van der Waals surface area contributed by atoms with Crippen molar-refractivity contribution in [2.24, 2.45) is 5.41 Å². The molecule has 0 rings (SSSR count). The Kier molecular flexibility index (Phi) is 4.85. The number of amides is 1. The third-order valence-corrected chi connectivity index (χ3v) is 6.85. The van der Waals surface area contributed by atoms with E-state index < -0.39 is 41.5 Å². The van der Waals surface area contributed by atoms with Crippen LogP contribution in [0.3, 0.4) is 0 Å². The lowest BCUT2D eigenvalue weighted by atomic mass is 9.96. The molecule has 0 spiro atoms. The summed E-state index contributed by atoms with van der Waals surface area (Å²) in [5.41, 5.74) is -0.940. The summed E-state index contributed by atoms with van der Waals surface area (Å²) in [5, 5.41) is -1.58. The zero-order valence-electron chi connectivity index (χ0n) is 11.9. The van der Waals surface area contributed by atoms with Crippen LogP contribution < -0.4 is 4.72 Å². The third-order valence-electron chi connectivity index (χ3n) is 3.03. The Bertz CT molecular complexity index is 553. The lowest BCUT2D eigenvalue weighted by Crippen LogP contribution is -2.54. The number of sulfonamides is 1. The molecule has 7 nitrogen and oxygen atoms in total. The molecule has 0 aromatic rings. The molecule has 9 heteroatoms. The van der Waals surface area contributed by atoms with Crippen molar-refractivity contribution in [1.82, 2.24) is 4.72 Å². The van der Waals surface area contributed by atoms with E-state index in [2.05, 4.69) is 0 Å². The van der Waals surface area contributed by atoms with E-state index in [4.69, 9.17) is 4.55 Å². The fourth-order valence-corrected chi connectivity index (χ4v) is 3.70. The molecule has 0 aromatic carbocycles. The summed E-state index contributed by atoms with van der Waals surface area (Å²) in [5.74, 6) is -0.747. The van der Waals surface area contributed by atoms with E-state index in [-0.39, 0.29) is 0 Å². The van der Waals surface area contributed by atoms with Crippen molar-refractivity contribution in [2.75, 3.05) is 0 Å². The predicted octanol–water partition coefficient (Wildman–Crippen LogP) is 0.533. The summed E-state index contributed by atoms with van der Waals surface area (Å²) in [6.45, 7) is 7.90. The van der Waals surface area contributed by atoms with Crippen LogP contribution in [0.25, 0.3) is 0 Å². The second-order valence-corrected chi connectivity index (χ2v) is 9.95. The first-order chi connectivity index (χ1) is 8.03. The Hall–Kier alpha value is -0.670. The molecular formula is C10H21NO6S2. The monoisotopic (exact) mass is 315 g/mol. The Labute approximate surface area is 114 Å². The van der Waals surface area contributed by atoms with Crippen molar-refractivity contribution in [3.63, 3.8) is 0 Å². The van der Waals surface area contributed by atoms with Crippen LogP contribution in [0.4, 0.5) is 0 Å². The zero-order chi connectivity index (χ0) is 15.9. The summed E-state index contributed by atoms with van der Waals surface area (Å²) in [6, 6.07) is 0. The molecule has 2 N–H and O–H groups in total. The maximum absolute atomic E-state index is 12.1. The fraction of sp³-hybridized carbons (Fsp3) is 0.900. The van der Waals surface area contributed by atoms with Gasteiger partial charge in [-0.25, -0.2) is 8.42 Å². The number of rotatable bonds is 4. The fourth-order valence-electron chi connectivity index (χ4n) is 0.984. The summed E-state index contributed by atoms with van der Waals surface area (Å²) >= 11 is 0. The van der Waals surface area contributed by atoms with E-state index in [9.17, 15) is 21.6 Å². The van der Waals surface area contributed by atoms with Crippen LogP contribution >= 0.6 is 0 Å². The maximum atomic E-state index is 12.1. The van der Waals surface area contributed by atoms with Gasteiger partial charge in [0.15, 0.2) is 0 Å². The van der Waals surface area contributed by atoms with E-state index in [1.54, 1.807) is 0 Å². The molecule has 0 aliphatic rings. The number of carbonyl (C=O) groups excluding carboxylic acids is 1. The van der Waals surface area contributed by atoms with Crippen molar-refractivity contribution in [1.29, 1.82) is 0 Å². The van der Waals surface area contributed by atoms with Crippen LogP contribution in [-0.2, 0) is 24.9 Å². The number of carbonyl (C=O) groups is 1. The first-order valence-electron chi connectivity index (χ1n) is 5.56. The van der Waals surface area contributed by atoms with Gasteiger partial charge in [-0.2, -0.15) is 8.42 Å². The molecule has 0 aliphatic heterocycles. The summed E-state index contributed by atoms with van der Waals surface area (Å²) in [7, 11) is -8.81. The molecule has 1 amide bonds. The van der Waals surface area contributed by atoms with Crippen LogP contribution in [0, 0.1) is 5.41 Å². The summed E-state index contributed by atoms with van der Waals surface area (Å²) in [6.07, 6.45) is 0. The molecule has 0 fully saturated rings. The molecule has 19 heavy (non-hydrogen) atoms. The standard InChI is InChI=1S/C10H21NO6S2/c1-7(18(13,14)15)10(5,6)19(16,17)11-8(12)9(2,3)4/h7H,1-6H3,(H,11,12)(H,13,14,15). The van der Waals surface area contributed by atoms with Crippen molar-refractivity contribution in [3.8, 4) is 0 Å². The SMILES string of the molecule is CC(C(C)(C)S(=O)(=O)NC(=O)C(C)(C)C)S(=O)(=O)O. The van der Waals surface area contributed by atoms with Gasteiger partial charge in [-0.15, -0.1) is 0 Å². The highest BCUT2D eigenvalue weighted by Gasteiger charge is 2.47. The minimum absolute atomic E-state index is 0.747. The largest absolute Gasteiger partial charge is 0.285 e. The smallest absolute Gasteiger partial charge is 0.269 e. The Morgan fingerprint density at radius 2 is 1.42 bits per heavy atom. The lowest BCUT2D eigenvalue weighted by molar-refractivity contribution is -0.126. The molecule has 114 valence electrons. The van der Waals surface area contributed by atoms with Gasteiger partial charge in [-0.05, 0) is 20.8 Å². The van der Waals surface area contributed by atoms with Crippen LogP contribution in [0.15, 0.2) is 0 Å². The molecule has 0 aliphatic carbocycles. The molecule has 0 heterocycles. The van der Waals surface area contributed by atoms with Crippen molar-refractivity contribution < 1.29 is 26.2 Å². The van der Waals surface area contributed by atoms with Gasteiger partial charge in [0.05, 0.1) is 0 Å². The number of hydrogen-bond donors (Lipinski definition) is 2. The summed E-state index contributed by atoms with van der Waals surface area (Å²) < 4.78 is 55.3. The van der Waals surface area contributed by atoms with Crippen LogP contribution in [0.1, 0.15) is 41.5 Å². The molecule has 1 atom stereocenters. The van der Waals surface area contributed by atoms with Gasteiger partial charge in [-0.1, -0.05) is 20.8 Å². The highest BCUT2D eigenvalue weighted by Crippen LogP contribution is 2.26. The van der Waals surface area contributed by atoms with Crippen molar-refractivity contribution in [3.05, 3.63) is 0 Å². The van der Waals surface area contributed by atoms with E-state index >= 15 is 0 Å². The zero-order valence-corrected chi connectivity index (χ0v) is 13.5. The topological polar surface area (TPSA) is 118 Å². The number of nitrogens with one attached hydrogen (secondary N) is 1. The highest BCUT2D eigenvalue weighted by molar-refractivity contribution is 7.93. The Balaban J connectivity index is 5.51. The van der Waals surface area contributed by atoms with E-state index in [0.29, 0.717) is 0 Å². The van der Waals surface area contributed by atoms with Crippen LogP contribution in [-0.4, -0.2) is 37.3 Å². The van der Waals surface area contributed by atoms with Gasteiger partial charge in [0.1, 0.15) is 10.00 Å². The predicted molar refractivity (Wildman–Crippen MR) is 71.6 cm³/mol. The summed E-state index contributed by atoms with van der Waals surface area (Å²) in [4.78, 5) is 11.7. The van der Waals surface area contributed by atoms with Gasteiger partial charge in [0.2, 0.25) is 15.9 Å². The average molecular weight is 315 g/mol. The quantitative estimate of drug-likeness (QED) is 0.731. The molecular weight excluding hydrogens is 294 g/mol. The third kappa shape index (κ3) is 4.15. The van der Waals surface area contributed by atoms with Crippen LogP contribution in [0.5, 0.6) is 0 Å². The minimum Gasteiger partial charge on any atom is -0.285 e. The first kappa shape index (κ1) is 18.3. The Morgan fingerprint density at radius 3 is 1.68 bits per heavy atom. The van der Waals surface area contributed by atoms with Crippen molar-refractivity contribution >= 4 is 26.0 Å². The second-order valence-electron chi connectivity index (χ2n) is 5.95. The molecule has 1 unspecified atom stereocenters. The molecule has 0 bridgehead atoms. The highest BCUT2D eigenvalue weighted by atomic mass is 32.2. The van der Waals surface area contributed by atoms with Gasteiger partial charge >= 0.3 is 0 Å². The molecule has 0 saturated heterocycles. The lowest BCUT2D eigenvalue weighted by Gasteiger charge is -2.30. The van der Waals surface area contributed by atoms with E-state index in [1.807, 2.05) is 4.72 Å². The molecule has 0 saturated carbocycles. The van der Waals surface area contributed by atoms with Crippen LogP contribution in [0.2, 0.25) is 0 Å². The number of hydrogen-bond acceptors (Lipinski definition) is 5. The molecule has 0 radical (unpaired) electrons. The van der Waals surface area contributed by atoms with E-state index in [1.165, 1.54) is 20.8 Å².